The highest BCUT2D eigenvalue weighted by Crippen LogP contribution is 2.31. The van der Waals surface area contributed by atoms with Gasteiger partial charge in [0.1, 0.15) is 0 Å². The van der Waals surface area contributed by atoms with E-state index < -0.39 is 4.92 Å². The summed E-state index contributed by atoms with van der Waals surface area (Å²) < 4.78 is 1.81. The Bertz CT molecular complexity index is 464. The van der Waals surface area contributed by atoms with Crippen molar-refractivity contribution < 1.29 is 4.92 Å². The van der Waals surface area contributed by atoms with Gasteiger partial charge in [0, 0.05) is 25.6 Å². The highest BCUT2D eigenvalue weighted by atomic mass is 16.6. The molecule has 100 valence electrons. The molecular formula is C11H19N5O2. The number of aryl methyl sites for hydroxylation is 1. The largest absolute Gasteiger partial charge is 0.406 e. The van der Waals surface area contributed by atoms with E-state index in [9.17, 15) is 10.1 Å². The predicted molar refractivity (Wildman–Crippen MR) is 68.6 cm³/mol. The van der Waals surface area contributed by atoms with Crippen molar-refractivity contribution in [2.24, 2.45) is 5.73 Å². The summed E-state index contributed by atoms with van der Waals surface area (Å²) in [5, 5.41) is 14.1. The SMILES string of the molecule is CCn1c(C)nc([N+](=O)[O-])c1NCC1(N)CCC1. The highest BCUT2D eigenvalue weighted by molar-refractivity contribution is 5.54. The van der Waals surface area contributed by atoms with Gasteiger partial charge in [0.15, 0.2) is 0 Å². The molecule has 1 aliphatic rings. The maximum Gasteiger partial charge on any atom is 0.406 e. The van der Waals surface area contributed by atoms with Gasteiger partial charge in [0.25, 0.3) is 0 Å². The second-order valence-corrected chi connectivity index (χ2v) is 4.90. The number of imidazole rings is 1. The fourth-order valence-electron chi connectivity index (χ4n) is 2.31. The summed E-state index contributed by atoms with van der Waals surface area (Å²) in [6, 6.07) is 0. The van der Waals surface area contributed by atoms with Gasteiger partial charge in [-0.1, -0.05) is 0 Å². The first-order valence-corrected chi connectivity index (χ1v) is 6.21. The van der Waals surface area contributed by atoms with Gasteiger partial charge in [-0.25, -0.2) is 0 Å². The fourth-order valence-corrected chi connectivity index (χ4v) is 2.31. The molecule has 0 bridgehead atoms. The van der Waals surface area contributed by atoms with Crippen LogP contribution in [-0.4, -0.2) is 26.6 Å². The van der Waals surface area contributed by atoms with Crippen LogP contribution in [0.5, 0.6) is 0 Å². The summed E-state index contributed by atoms with van der Waals surface area (Å²) in [6.45, 7) is 4.90. The van der Waals surface area contributed by atoms with Gasteiger partial charge in [0.05, 0.1) is 0 Å². The molecule has 0 amide bonds. The maximum absolute atomic E-state index is 11.0. The molecule has 1 aromatic rings. The molecule has 1 heterocycles. The lowest BCUT2D eigenvalue weighted by molar-refractivity contribution is -0.388. The van der Waals surface area contributed by atoms with Gasteiger partial charge in [0.2, 0.25) is 11.6 Å². The van der Waals surface area contributed by atoms with E-state index in [1.54, 1.807) is 11.5 Å². The van der Waals surface area contributed by atoms with Crippen molar-refractivity contribution in [3.05, 3.63) is 15.9 Å². The minimum atomic E-state index is -0.453. The van der Waals surface area contributed by atoms with Gasteiger partial charge in [-0.05, 0) is 36.1 Å². The molecule has 1 fully saturated rings. The van der Waals surface area contributed by atoms with Crippen LogP contribution in [-0.2, 0) is 6.54 Å². The highest BCUT2D eigenvalue weighted by Gasteiger charge is 2.34. The van der Waals surface area contributed by atoms with Gasteiger partial charge in [-0.15, -0.1) is 0 Å². The lowest BCUT2D eigenvalue weighted by Gasteiger charge is -2.38. The van der Waals surface area contributed by atoms with Crippen molar-refractivity contribution in [2.45, 2.75) is 45.2 Å². The normalized spacial score (nSPS) is 17.3. The lowest BCUT2D eigenvalue weighted by atomic mass is 9.78. The van der Waals surface area contributed by atoms with Crippen LogP contribution in [0.25, 0.3) is 0 Å². The first kappa shape index (κ1) is 12.8. The molecule has 18 heavy (non-hydrogen) atoms. The molecule has 2 rings (SSSR count). The Morgan fingerprint density at radius 2 is 2.28 bits per heavy atom. The number of rotatable bonds is 5. The smallest absolute Gasteiger partial charge is 0.362 e. The van der Waals surface area contributed by atoms with E-state index >= 15 is 0 Å². The average Bonchev–Trinajstić information content (AvgIpc) is 2.60. The monoisotopic (exact) mass is 253 g/mol. The van der Waals surface area contributed by atoms with Crippen LogP contribution >= 0.6 is 0 Å². The zero-order chi connectivity index (χ0) is 13.3. The van der Waals surface area contributed by atoms with E-state index in [0.717, 1.165) is 19.3 Å². The molecule has 0 unspecified atom stereocenters. The van der Waals surface area contributed by atoms with Crippen LogP contribution in [0.4, 0.5) is 11.6 Å². The molecule has 0 atom stereocenters. The summed E-state index contributed by atoms with van der Waals surface area (Å²) in [4.78, 5) is 14.5. The molecule has 0 radical (unpaired) electrons. The van der Waals surface area contributed by atoms with Gasteiger partial charge in [-0.3, -0.25) is 4.57 Å². The third-order valence-corrected chi connectivity index (χ3v) is 3.59. The van der Waals surface area contributed by atoms with Gasteiger partial charge < -0.3 is 21.2 Å². The summed E-state index contributed by atoms with van der Waals surface area (Å²) in [5.41, 5.74) is 5.90. The number of hydrogen-bond acceptors (Lipinski definition) is 5. The van der Waals surface area contributed by atoms with E-state index in [1.165, 1.54) is 0 Å². The topological polar surface area (TPSA) is 99.0 Å². The Hall–Kier alpha value is -1.63. The first-order valence-electron chi connectivity index (χ1n) is 6.21. The minimum Gasteiger partial charge on any atom is -0.362 e. The molecule has 1 aliphatic carbocycles. The third kappa shape index (κ3) is 2.17. The van der Waals surface area contributed by atoms with Crippen molar-refractivity contribution in [1.29, 1.82) is 0 Å². The van der Waals surface area contributed by atoms with Crippen molar-refractivity contribution in [2.75, 3.05) is 11.9 Å². The number of anilines is 1. The number of hydrogen-bond donors (Lipinski definition) is 2. The van der Waals surface area contributed by atoms with Crippen LogP contribution in [0.15, 0.2) is 0 Å². The van der Waals surface area contributed by atoms with Crippen molar-refractivity contribution in [1.82, 2.24) is 9.55 Å². The maximum atomic E-state index is 11.0. The zero-order valence-electron chi connectivity index (χ0n) is 10.8. The molecule has 0 saturated heterocycles. The van der Waals surface area contributed by atoms with Crippen molar-refractivity contribution in [3.63, 3.8) is 0 Å². The standard InChI is InChI=1S/C11H19N5O2/c1-3-15-8(2)14-10(16(17)18)9(15)13-7-11(12)5-4-6-11/h13H,3-7,12H2,1-2H3. The van der Waals surface area contributed by atoms with Gasteiger partial charge in [-0.2, -0.15) is 0 Å². The Morgan fingerprint density at radius 1 is 1.61 bits per heavy atom. The average molecular weight is 253 g/mol. The third-order valence-electron chi connectivity index (χ3n) is 3.59. The van der Waals surface area contributed by atoms with Crippen molar-refractivity contribution >= 4 is 11.6 Å². The molecule has 3 N–H and O–H groups in total. The number of nitrogens with zero attached hydrogens (tertiary/aromatic N) is 3. The lowest BCUT2D eigenvalue weighted by Crippen LogP contribution is -2.52. The molecular weight excluding hydrogens is 234 g/mol. The first-order chi connectivity index (χ1) is 8.47. The summed E-state index contributed by atoms with van der Waals surface area (Å²) in [6.07, 6.45) is 3.06. The number of nitro groups is 1. The Labute approximate surface area is 106 Å². The molecule has 7 nitrogen and oxygen atoms in total. The van der Waals surface area contributed by atoms with E-state index in [0.29, 0.717) is 24.7 Å². The van der Waals surface area contributed by atoms with Crippen molar-refractivity contribution in [3.8, 4) is 0 Å². The Kier molecular flexibility index (Phi) is 3.25. The van der Waals surface area contributed by atoms with Crippen LogP contribution < -0.4 is 11.1 Å². The number of aromatic nitrogens is 2. The van der Waals surface area contributed by atoms with E-state index in [-0.39, 0.29) is 11.4 Å². The molecule has 0 aromatic carbocycles. The fraction of sp³-hybridized carbons (Fsp3) is 0.727. The molecule has 1 saturated carbocycles. The van der Waals surface area contributed by atoms with Crippen LogP contribution in [0.1, 0.15) is 32.0 Å². The quantitative estimate of drug-likeness (QED) is 0.610. The van der Waals surface area contributed by atoms with Crippen LogP contribution in [0, 0.1) is 17.0 Å². The summed E-state index contributed by atoms with van der Waals surface area (Å²) in [7, 11) is 0. The molecule has 7 heteroatoms. The van der Waals surface area contributed by atoms with E-state index in [2.05, 4.69) is 10.3 Å². The molecule has 0 aliphatic heterocycles. The second-order valence-electron chi connectivity index (χ2n) is 4.90. The van der Waals surface area contributed by atoms with Gasteiger partial charge >= 0.3 is 5.82 Å². The summed E-state index contributed by atoms with van der Waals surface area (Å²) in [5.74, 6) is 1.00. The molecule has 0 spiro atoms. The zero-order valence-corrected chi connectivity index (χ0v) is 10.8. The van der Waals surface area contributed by atoms with Crippen LogP contribution in [0.3, 0.4) is 0 Å². The predicted octanol–water partition coefficient (Wildman–Crippen LogP) is 1.41. The Morgan fingerprint density at radius 3 is 2.72 bits per heavy atom. The van der Waals surface area contributed by atoms with E-state index in [1.807, 2.05) is 6.92 Å². The molecule has 1 aromatic heterocycles. The Balaban J connectivity index is 2.21. The second kappa shape index (κ2) is 4.56. The van der Waals surface area contributed by atoms with E-state index in [4.69, 9.17) is 5.73 Å². The summed E-state index contributed by atoms with van der Waals surface area (Å²) >= 11 is 0. The minimum absolute atomic E-state index is 0.114. The van der Waals surface area contributed by atoms with Crippen LogP contribution in [0.2, 0.25) is 0 Å². The number of nitrogens with two attached hydrogens (primary N) is 1. The number of nitrogens with one attached hydrogen (secondary N) is 1.